The summed E-state index contributed by atoms with van der Waals surface area (Å²) < 4.78 is 28.6. The number of nitrogens with zero attached hydrogens (tertiary/aromatic N) is 3. The summed E-state index contributed by atoms with van der Waals surface area (Å²) in [5.41, 5.74) is 2.12. The Morgan fingerprint density at radius 2 is 1.75 bits per heavy atom. The van der Waals surface area contributed by atoms with Crippen LogP contribution in [0.4, 0.5) is 0 Å². The summed E-state index contributed by atoms with van der Waals surface area (Å²) in [6, 6.07) is 18.8. The fourth-order valence-corrected chi connectivity index (χ4v) is 5.24. The molecular weight excluding hydrogens is 468 g/mol. The molecule has 32 heavy (non-hydrogen) atoms. The molecule has 2 aromatic carbocycles. The van der Waals surface area contributed by atoms with Crippen molar-refractivity contribution in [1.82, 2.24) is 19.5 Å². The van der Waals surface area contributed by atoms with Gasteiger partial charge in [-0.3, -0.25) is 4.79 Å². The first-order chi connectivity index (χ1) is 15.3. The molecule has 7 nitrogen and oxygen atoms in total. The number of rotatable bonds is 7. The molecular formula is C22H19ClN4O3S2. The van der Waals surface area contributed by atoms with Crippen molar-refractivity contribution in [3.63, 3.8) is 0 Å². The molecule has 0 unspecified atom stereocenters. The number of nitrogens with one attached hydrogen (secondary N) is 1. The minimum absolute atomic E-state index is 0.0122. The number of hydrogen-bond donors (Lipinski definition) is 1. The molecule has 1 N–H and O–H groups in total. The number of aromatic nitrogens is 3. The zero-order valence-electron chi connectivity index (χ0n) is 17.0. The van der Waals surface area contributed by atoms with Crippen LogP contribution >= 0.6 is 22.9 Å². The molecule has 0 spiro atoms. The molecule has 2 heterocycles. The van der Waals surface area contributed by atoms with Crippen LogP contribution in [0.5, 0.6) is 0 Å². The standard InChI is InChI=1S/C22H19ClN4O3S2/c1-15-21(31-22(25-15)16-5-3-2-4-6-16)19-11-12-20(28)27(26-19)14-13-24-32(29,30)18-9-7-17(23)8-10-18/h2-12,24H,13-14H2,1H3. The quantitative estimate of drug-likeness (QED) is 0.426. The van der Waals surface area contributed by atoms with Gasteiger partial charge in [-0.25, -0.2) is 22.8 Å². The van der Waals surface area contributed by atoms with Gasteiger partial charge in [-0.15, -0.1) is 11.3 Å². The smallest absolute Gasteiger partial charge is 0.266 e. The largest absolute Gasteiger partial charge is 0.268 e. The molecule has 0 atom stereocenters. The lowest BCUT2D eigenvalue weighted by molar-refractivity contribution is 0.549. The molecule has 0 aliphatic rings. The molecule has 164 valence electrons. The highest BCUT2D eigenvalue weighted by atomic mass is 35.5. The van der Waals surface area contributed by atoms with Crippen molar-refractivity contribution in [3.8, 4) is 21.1 Å². The minimum atomic E-state index is -3.72. The minimum Gasteiger partial charge on any atom is -0.268 e. The lowest BCUT2D eigenvalue weighted by Crippen LogP contribution is -2.32. The van der Waals surface area contributed by atoms with Gasteiger partial charge in [0.15, 0.2) is 0 Å². The van der Waals surface area contributed by atoms with Gasteiger partial charge in [0.2, 0.25) is 10.0 Å². The first-order valence-electron chi connectivity index (χ1n) is 9.70. The molecule has 4 rings (SSSR count). The van der Waals surface area contributed by atoms with E-state index in [1.807, 2.05) is 37.3 Å². The predicted molar refractivity (Wildman–Crippen MR) is 126 cm³/mol. The van der Waals surface area contributed by atoms with Crippen LogP contribution in [0.15, 0.2) is 76.4 Å². The highest BCUT2D eigenvalue weighted by Gasteiger charge is 2.15. The Bertz CT molecular complexity index is 1400. The molecule has 0 saturated carbocycles. The van der Waals surface area contributed by atoms with Crippen molar-refractivity contribution < 1.29 is 8.42 Å². The first kappa shape index (κ1) is 22.3. The summed E-state index contributed by atoms with van der Waals surface area (Å²) >= 11 is 7.31. The second-order valence-electron chi connectivity index (χ2n) is 6.93. The van der Waals surface area contributed by atoms with E-state index in [2.05, 4.69) is 14.8 Å². The Morgan fingerprint density at radius 1 is 1.03 bits per heavy atom. The van der Waals surface area contributed by atoms with Gasteiger partial charge in [0, 0.05) is 23.2 Å². The van der Waals surface area contributed by atoms with Crippen molar-refractivity contribution in [1.29, 1.82) is 0 Å². The summed E-state index contributed by atoms with van der Waals surface area (Å²) in [5, 5.41) is 5.75. The van der Waals surface area contributed by atoms with Gasteiger partial charge >= 0.3 is 0 Å². The number of sulfonamides is 1. The highest BCUT2D eigenvalue weighted by Crippen LogP contribution is 2.33. The van der Waals surface area contributed by atoms with Gasteiger partial charge in [-0.2, -0.15) is 5.10 Å². The number of benzene rings is 2. The average molecular weight is 487 g/mol. The molecule has 0 aliphatic heterocycles. The zero-order valence-corrected chi connectivity index (χ0v) is 19.4. The van der Waals surface area contributed by atoms with Crippen molar-refractivity contribution in [2.75, 3.05) is 6.54 Å². The van der Waals surface area contributed by atoms with Crippen molar-refractivity contribution in [3.05, 3.63) is 87.8 Å². The van der Waals surface area contributed by atoms with Crippen LogP contribution in [0.1, 0.15) is 5.69 Å². The van der Waals surface area contributed by atoms with Gasteiger partial charge in [0.1, 0.15) is 10.7 Å². The molecule has 0 bridgehead atoms. The van der Waals surface area contributed by atoms with Gasteiger partial charge in [-0.05, 0) is 37.3 Å². The van der Waals surface area contributed by atoms with Crippen molar-refractivity contribution in [2.24, 2.45) is 0 Å². The summed E-state index contributed by atoms with van der Waals surface area (Å²) in [5.74, 6) is 0. The second-order valence-corrected chi connectivity index (χ2v) is 10.1. The third kappa shape index (κ3) is 4.97. The van der Waals surface area contributed by atoms with Gasteiger partial charge in [0.25, 0.3) is 5.56 Å². The highest BCUT2D eigenvalue weighted by molar-refractivity contribution is 7.89. The van der Waals surface area contributed by atoms with Gasteiger partial charge in [-0.1, -0.05) is 41.9 Å². The summed E-state index contributed by atoms with van der Waals surface area (Å²) in [6.07, 6.45) is 0. The Morgan fingerprint density at radius 3 is 2.47 bits per heavy atom. The zero-order chi connectivity index (χ0) is 22.7. The molecule has 0 saturated heterocycles. The van der Waals surface area contributed by atoms with Crippen molar-refractivity contribution >= 4 is 33.0 Å². The molecule has 2 aromatic heterocycles. The van der Waals surface area contributed by atoms with E-state index in [1.54, 1.807) is 6.07 Å². The maximum absolute atomic E-state index is 12.4. The Labute approximate surface area is 194 Å². The summed E-state index contributed by atoms with van der Waals surface area (Å²) in [4.78, 5) is 17.9. The number of aryl methyl sites for hydroxylation is 1. The van der Waals surface area contributed by atoms with E-state index in [0.29, 0.717) is 10.7 Å². The summed E-state index contributed by atoms with van der Waals surface area (Å²) in [7, 11) is -3.72. The van der Waals surface area contributed by atoms with Crippen LogP contribution in [0.3, 0.4) is 0 Å². The Hall–Kier alpha value is -2.85. The van der Waals surface area contributed by atoms with Gasteiger partial charge in [0.05, 0.1) is 22.0 Å². The fourth-order valence-electron chi connectivity index (χ4n) is 3.05. The van der Waals surface area contributed by atoms with E-state index < -0.39 is 10.0 Å². The maximum Gasteiger partial charge on any atom is 0.266 e. The van der Waals surface area contributed by atoms with E-state index in [-0.39, 0.29) is 23.5 Å². The SMILES string of the molecule is Cc1nc(-c2ccccc2)sc1-c1ccc(=O)n(CCNS(=O)(=O)c2ccc(Cl)cc2)n1. The average Bonchev–Trinajstić information content (AvgIpc) is 3.17. The van der Waals surface area contributed by atoms with E-state index in [0.717, 1.165) is 21.1 Å². The van der Waals surface area contributed by atoms with Crippen molar-refractivity contribution in [2.45, 2.75) is 18.4 Å². The normalized spacial score (nSPS) is 11.6. The van der Waals surface area contributed by atoms with Crippen LogP contribution in [0.2, 0.25) is 5.02 Å². The van der Waals surface area contributed by atoms with Crippen LogP contribution < -0.4 is 10.3 Å². The third-order valence-electron chi connectivity index (χ3n) is 4.66. The molecule has 0 radical (unpaired) electrons. The predicted octanol–water partition coefficient (Wildman–Crippen LogP) is 3.97. The molecule has 10 heteroatoms. The van der Waals surface area contributed by atoms with Crippen LogP contribution in [-0.2, 0) is 16.6 Å². The lowest BCUT2D eigenvalue weighted by atomic mass is 10.2. The number of halogens is 1. The van der Waals surface area contributed by atoms with E-state index in [1.165, 1.54) is 46.4 Å². The molecule has 0 fully saturated rings. The summed E-state index contributed by atoms with van der Waals surface area (Å²) in [6.45, 7) is 2.00. The third-order valence-corrected chi connectivity index (χ3v) is 7.61. The maximum atomic E-state index is 12.4. The molecule has 0 aliphatic carbocycles. The number of thiazole rings is 1. The Balaban J connectivity index is 1.52. The van der Waals surface area contributed by atoms with Crippen LogP contribution in [0, 0.1) is 6.92 Å². The molecule has 4 aromatic rings. The second kappa shape index (κ2) is 9.33. The van der Waals surface area contributed by atoms with E-state index >= 15 is 0 Å². The topological polar surface area (TPSA) is 94.0 Å². The Kier molecular flexibility index (Phi) is 6.52. The first-order valence-corrected chi connectivity index (χ1v) is 12.4. The number of hydrogen-bond acceptors (Lipinski definition) is 6. The lowest BCUT2D eigenvalue weighted by Gasteiger charge is -2.09. The fraction of sp³-hybridized carbons (Fsp3) is 0.136. The van der Waals surface area contributed by atoms with E-state index in [4.69, 9.17) is 11.6 Å². The van der Waals surface area contributed by atoms with Crippen LogP contribution in [-0.4, -0.2) is 29.7 Å². The molecule has 0 amide bonds. The van der Waals surface area contributed by atoms with Crippen LogP contribution in [0.25, 0.3) is 21.1 Å². The van der Waals surface area contributed by atoms with Gasteiger partial charge < -0.3 is 0 Å². The monoisotopic (exact) mass is 486 g/mol. The van der Waals surface area contributed by atoms with E-state index in [9.17, 15) is 13.2 Å².